The Balaban J connectivity index is 1.51. The van der Waals surface area contributed by atoms with E-state index in [1.165, 1.54) is 0 Å². The van der Waals surface area contributed by atoms with Gasteiger partial charge in [-0.1, -0.05) is 41.4 Å². The van der Waals surface area contributed by atoms with Gasteiger partial charge < -0.3 is 15.0 Å². The fraction of sp³-hybridized carbons (Fsp3) is 0.440. The normalized spacial score (nSPS) is 25.6. The van der Waals surface area contributed by atoms with Gasteiger partial charge in [-0.3, -0.25) is 14.5 Å². The zero-order valence-corrected chi connectivity index (χ0v) is 19.9. The zero-order chi connectivity index (χ0) is 23.0. The SMILES string of the molecule is O=C(C1CCCN(C2(Cc3cccc(Cl)c3)C(=O)Nc3cc(Cl)ccc32)C1)N1CCOCC1. The van der Waals surface area contributed by atoms with Crippen LogP contribution < -0.4 is 5.32 Å². The Labute approximate surface area is 203 Å². The lowest BCUT2D eigenvalue weighted by molar-refractivity contribution is -0.144. The second-order valence-electron chi connectivity index (χ2n) is 9.03. The molecule has 6 nitrogen and oxygen atoms in total. The van der Waals surface area contributed by atoms with E-state index in [1.54, 1.807) is 6.07 Å². The van der Waals surface area contributed by atoms with Crippen LogP contribution >= 0.6 is 23.2 Å². The number of anilines is 1. The number of hydrogen-bond donors (Lipinski definition) is 1. The predicted octanol–water partition coefficient (Wildman–Crippen LogP) is 3.95. The third-order valence-corrected chi connectivity index (χ3v) is 7.50. The van der Waals surface area contributed by atoms with E-state index in [1.807, 2.05) is 41.3 Å². The molecule has 1 N–H and O–H groups in total. The van der Waals surface area contributed by atoms with Crippen molar-refractivity contribution < 1.29 is 14.3 Å². The van der Waals surface area contributed by atoms with E-state index in [4.69, 9.17) is 27.9 Å². The first-order valence-corrected chi connectivity index (χ1v) is 12.2. The van der Waals surface area contributed by atoms with Crippen molar-refractivity contribution in [2.75, 3.05) is 44.7 Å². The van der Waals surface area contributed by atoms with Crippen LogP contribution in [-0.4, -0.2) is 61.0 Å². The van der Waals surface area contributed by atoms with Crippen LogP contribution in [0.5, 0.6) is 0 Å². The van der Waals surface area contributed by atoms with E-state index >= 15 is 0 Å². The van der Waals surface area contributed by atoms with E-state index in [2.05, 4.69) is 10.2 Å². The molecule has 2 aromatic carbocycles. The van der Waals surface area contributed by atoms with Gasteiger partial charge in [0.2, 0.25) is 11.8 Å². The molecule has 3 aliphatic heterocycles. The Morgan fingerprint density at radius 3 is 2.67 bits per heavy atom. The molecule has 2 amide bonds. The smallest absolute Gasteiger partial charge is 0.249 e. The fourth-order valence-corrected chi connectivity index (χ4v) is 5.82. The van der Waals surface area contributed by atoms with Crippen molar-refractivity contribution in [2.45, 2.75) is 24.8 Å². The van der Waals surface area contributed by atoms with Crippen LogP contribution in [0.1, 0.15) is 24.0 Å². The number of carbonyl (C=O) groups excluding carboxylic acids is 2. The highest BCUT2D eigenvalue weighted by atomic mass is 35.5. The summed E-state index contributed by atoms with van der Waals surface area (Å²) in [4.78, 5) is 31.1. The highest BCUT2D eigenvalue weighted by Gasteiger charge is 2.52. The molecule has 0 radical (unpaired) electrons. The molecule has 3 aliphatic rings. The van der Waals surface area contributed by atoms with E-state index in [0.717, 1.165) is 36.2 Å². The molecule has 2 fully saturated rings. The molecule has 2 aromatic rings. The number of amides is 2. The van der Waals surface area contributed by atoms with Gasteiger partial charge in [0.1, 0.15) is 5.54 Å². The van der Waals surface area contributed by atoms with Crippen LogP contribution in [0.4, 0.5) is 5.69 Å². The highest BCUT2D eigenvalue weighted by molar-refractivity contribution is 6.31. The molecule has 174 valence electrons. The number of ether oxygens (including phenoxy) is 1. The van der Waals surface area contributed by atoms with Crippen molar-refractivity contribution in [3.05, 3.63) is 63.6 Å². The molecule has 5 rings (SSSR count). The van der Waals surface area contributed by atoms with Crippen LogP contribution in [0.25, 0.3) is 0 Å². The summed E-state index contributed by atoms with van der Waals surface area (Å²) >= 11 is 12.5. The molecule has 0 aliphatic carbocycles. The molecule has 0 aromatic heterocycles. The topological polar surface area (TPSA) is 61.9 Å². The van der Waals surface area contributed by atoms with Gasteiger partial charge in [0.15, 0.2) is 0 Å². The van der Waals surface area contributed by atoms with Crippen LogP contribution in [0, 0.1) is 5.92 Å². The van der Waals surface area contributed by atoms with E-state index < -0.39 is 5.54 Å². The van der Waals surface area contributed by atoms with Crippen molar-refractivity contribution in [2.24, 2.45) is 5.92 Å². The number of piperidine rings is 1. The minimum Gasteiger partial charge on any atom is -0.378 e. The lowest BCUT2D eigenvalue weighted by Gasteiger charge is -2.45. The average molecular weight is 488 g/mol. The molecule has 0 saturated carbocycles. The van der Waals surface area contributed by atoms with Crippen LogP contribution in [0.3, 0.4) is 0 Å². The highest BCUT2D eigenvalue weighted by Crippen LogP contribution is 2.45. The lowest BCUT2D eigenvalue weighted by atomic mass is 9.80. The standard InChI is InChI=1S/C25H27Cl2N3O3/c26-19-5-1-3-17(13-19)15-25(21-7-6-20(27)14-22(21)28-24(25)32)30-8-2-4-18(16-30)23(31)29-9-11-33-12-10-29/h1,3,5-7,13-14,18H,2,4,8-12,15-16H2,(H,28,32). The Morgan fingerprint density at radius 2 is 1.88 bits per heavy atom. The van der Waals surface area contributed by atoms with Gasteiger partial charge in [0, 0.05) is 47.4 Å². The number of morpholine rings is 1. The van der Waals surface area contributed by atoms with Crippen molar-refractivity contribution in [3.63, 3.8) is 0 Å². The second kappa shape index (κ2) is 9.26. The number of halogens is 2. The summed E-state index contributed by atoms with van der Waals surface area (Å²) < 4.78 is 5.42. The summed E-state index contributed by atoms with van der Waals surface area (Å²) in [6.07, 6.45) is 2.15. The predicted molar refractivity (Wildman–Crippen MR) is 129 cm³/mol. The molecule has 2 unspecified atom stereocenters. The Kier molecular flexibility index (Phi) is 6.36. The molecule has 2 saturated heterocycles. The number of nitrogens with zero attached hydrogens (tertiary/aromatic N) is 2. The number of benzene rings is 2. The zero-order valence-electron chi connectivity index (χ0n) is 18.4. The summed E-state index contributed by atoms with van der Waals surface area (Å²) in [5, 5.41) is 4.27. The third-order valence-electron chi connectivity index (χ3n) is 7.03. The Hall–Kier alpha value is -2.12. The number of rotatable bonds is 4. The summed E-state index contributed by atoms with van der Waals surface area (Å²) in [5.74, 6) is -0.0629. The number of carbonyl (C=O) groups is 2. The molecule has 0 spiro atoms. The Morgan fingerprint density at radius 1 is 1.09 bits per heavy atom. The average Bonchev–Trinajstić information content (AvgIpc) is 3.10. The van der Waals surface area contributed by atoms with E-state index in [-0.39, 0.29) is 17.7 Å². The number of hydrogen-bond acceptors (Lipinski definition) is 4. The number of likely N-dealkylation sites (tertiary alicyclic amines) is 1. The van der Waals surface area contributed by atoms with Crippen molar-refractivity contribution in [3.8, 4) is 0 Å². The fourth-order valence-electron chi connectivity index (χ4n) is 5.44. The number of nitrogens with one attached hydrogen (secondary N) is 1. The van der Waals surface area contributed by atoms with Gasteiger partial charge in [-0.05, 0) is 49.2 Å². The molecule has 0 bridgehead atoms. The van der Waals surface area contributed by atoms with Gasteiger partial charge in [-0.15, -0.1) is 0 Å². The Bertz CT molecular complexity index is 1070. The second-order valence-corrected chi connectivity index (χ2v) is 9.91. The largest absolute Gasteiger partial charge is 0.378 e. The maximum Gasteiger partial charge on any atom is 0.249 e. The molecule has 3 heterocycles. The molecule has 33 heavy (non-hydrogen) atoms. The van der Waals surface area contributed by atoms with E-state index in [9.17, 15) is 9.59 Å². The van der Waals surface area contributed by atoms with Gasteiger partial charge in [-0.2, -0.15) is 0 Å². The number of fused-ring (bicyclic) bond motifs is 1. The monoisotopic (exact) mass is 487 g/mol. The molecule has 2 atom stereocenters. The first-order valence-electron chi connectivity index (χ1n) is 11.4. The summed E-state index contributed by atoms with van der Waals surface area (Å²) in [6.45, 7) is 3.69. The summed E-state index contributed by atoms with van der Waals surface area (Å²) in [6, 6.07) is 13.2. The quantitative estimate of drug-likeness (QED) is 0.708. The van der Waals surface area contributed by atoms with Gasteiger partial charge in [-0.25, -0.2) is 0 Å². The summed E-state index contributed by atoms with van der Waals surface area (Å²) in [7, 11) is 0. The minimum atomic E-state index is -0.922. The minimum absolute atomic E-state index is 0.0841. The van der Waals surface area contributed by atoms with Crippen molar-refractivity contribution in [1.82, 2.24) is 9.80 Å². The van der Waals surface area contributed by atoms with Crippen LogP contribution in [0.15, 0.2) is 42.5 Å². The first kappa shape index (κ1) is 22.7. The molecule has 8 heteroatoms. The maximum atomic E-state index is 13.7. The summed E-state index contributed by atoms with van der Waals surface area (Å²) in [5.41, 5.74) is 1.68. The third kappa shape index (κ3) is 4.26. The maximum absolute atomic E-state index is 13.7. The molecular weight excluding hydrogens is 461 g/mol. The van der Waals surface area contributed by atoms with Crippen LogP contribution in [0.2, 0.25) is 10.0 Å². The van der Waals surface area contributed by atoms with Crippen molar-refractivity contribution >= 4 is 40.7 Å². The van der Waals surface area contributed by atoms with Gasteiger partial charge >= 0.3 is 0 Å². The van der Waals surface area contributed by atoms with Crippen molar-refractivity contribution in [1.29, 1.82) is 0 Å². The van der Waals surface area contributed by atoms with Gasteiger partial charge in [0.25, 0.3) is 0 Å². The first-order chi connectivity index (χ1) is 16.0. The lowest BCUT2D eigenvalue weighted by Crippen LogP contribution is -2.58. The van der Waals surface area contributed by atoms with Crippen LogP contribution in [-0.2, 0) is 26.3 Å². The molecular formula is C25H27Cl2N3O3. The van der Waals surface area contributed by atoms with Gasteiger partial charge in [0.05, 0.1) is 19.1 Å². The van der Waals surface area contributed by atoms with E-state index in [0.29, 0.717) is 49.3 Å².